The molecular weight excluding hydrogens is 467 g/mol. The van der Waals surface area contributed by atoms with E-state index in [0.717, 1.165) is 11.1 Å². The molecule has 2 aromatic carbocycles. The predicted molar refractivity (Wildman–Crippen MR) is 128 cm³/mol. The van der Waals surface area contributed by atoms with Crippen molar-refractivity contribution in [3.63, 3.8) is 0 Å². The standard InChI is InChI=1S/C23H24Cl2N4O4/c1-23(2)22(30)33-14(10-29(23)3)11-32-20-9-18-15(8-19(20)31-4)21(27-12-26-18)28-13-5-6-16(24)17(25)7-13/h5-9,12,14H,10-11H2,1-4H3,(H,26,27,28). The SMILES string of the molecule is COc1cc2c(Nc3ccc(Cl)c(Cl)c3)ncnc2cc1OCC1CN(C)C(C)(C)C(=O)O1. The molecule has 1 unspecified atom stereocenters. The van der Waals surface area contributed by atoms with Gasteiger partial charge in [-0.15, -0.1) is 0 Å². The molecule has 1 aliphatic heterocycles. The van der Waals surface area contributed by atoms with Crippen LogP contribution >= 0.6 is 23.2 Å². The first-order valence-electron chi connectivity index (χ1n) is 10.3. The fourth-order valence-corrected chi connectivity index (χ4v) is 3.74. The van der Waals surface area contributed by atoms with Crippen LogP contribution < -0.4 is 14.8 Å². The number of hydrogen-bond donors (Lipinski definition) is 1. The number of rotatable bonds is 6. The van der Waals surface area contributed by atoms with Gasteiger partial charge in [0.2, 0.25) is 0 Å². The van der Waals surface area contributed by atoms with Crippen LogP contribution in [0.1, 0.15) is 13.8 Å². The second-order valence-corrected chi connectivity index (χ2v) is 9.09. The second kappa shape index (κ2) is 9.21. The van der Waals surface area contributed by atoms with Crippen LogP contribution in [-0.2, 0) is 9.53 Å². The molecule has 0 amide bonds. The molecule has 1 aliphatic rings. The maximum atomic E-state index is 12.3. The lowest BCUT2D eigenvalue weighted by Gasteiger charge is -2.41. The summed E-state index contributed by atoms with van der Waals surface area (Å²) in [5, 5.41) is 4.87. The highest BCUT2D eigenvalue weighted by molar-refractivity contribution is 6.42. The molecule has 0 aliphatic carbocycles. The van der Waals surface area contributed by atoms with E-state index in [2.05, 4.69) is 15.3 Å². The number of carbonyl (C=O) groups excluding carboxylic acids is 1. The number of halogens is 2. The van der Waals surface area contributed by atoms with E-state index in [-0.39, 0.29) is 12.6 Å². The Bertz CT molecular complexity index is 1200. The third-order valence-corrected chi connectivity index (χ3v) is 6.47. The van der Waals surface area contributed by atoms with Crippen molar-refractivity contribution in [1.82, 2.24) is 14.9 Å². The Morgan fingerprint density at radius 2 is 1.97 bits per heavy atom. The zero-order chi connectivity index (χ0) is 23.8. The number of ether oxygens (including phenoxy) is 3. The van der Waals surface area contributed by atoms with E-state index in [1.807, 2.05) is 25.8 Å². The maximum Gasteiger partial charge on any atom is 0.326 e. The number of nitrogens with one attached hydrogen (secondary N) is 1. The first-order valence-corrected chi connectivity index (χ1v) is 11.0. The molecule has 3 aromatic rings. The summed E-state index contributed by atoms with van der Waals surface area (Å²) in [4.78, 5) is 23.0. The number of benzene rings is 2. The average Bonchev–Trinajstić information content (AvgIpc) is 2.78. The Morgan fingerprint density at radius 1 is 1.18 bits per heavy atom. The second-order valence-electron chi connectivity index (χ2n) is 8.27. The van der Waals surface area contributed by atoms with Crippen molar-refractivity contribution in [2.75, 3.05) is 32.6 Å². The quantitative estimate of drug-likeness (QED) is 0.497. The van der Waals surface area contributed by atoms with E-state index < -0.39 is 11.6 Å². The number of anilines is 2. The smallest absolute Gasteiger partial charge is 0.326 e. The molecule has 0 saturated carbocycles. The van der Waals surface area contributed by atoms with Gasteiger partial charge in [0.05, 0.1) is 22.7 Å². The number of nitrogens with zero attached hydrogens (tertiary/aromatic N) is 3. The molecule has 1 N–H and O–H groups in total. The van der Waals surface area contributed by atoms with Gasteiger partial charge in [-0.05, 0) is 45.2 Å². The van der Waals surface area contributed by atoms with Crippen LogP contribution in [0.2, 0.25) is 10.0 Å². The molecule has 1 atom stereocenters. The van der Waals surface area contributed by atoms with E-state index >= 15 is 0 Å². The van der Waals surface area contributed by atoms with Crippen LogP contribution in [-0.4, -0.2) is 59.8 Å². The Hall–Kier alpha value is -2.81. The summed E-state index contributed by atoms with van der Waals surface area (Å²) < 4.78 is 17.1. The molecule has 2 heterocycles. The molecule has 0 radical (unpaired) electrons. The topological polar surface area (TPSA) is 85.8 Å². The molecule has 33 heavy (non-hydrogen) atoms. The highest BCUT2D eigenvalue weighted by Crippen LogP contribution is 2.36. The lowest BCUT2D eigenvalue weighted by atomic mass is 10.0. The number of cyclic esters (lactones) is 1. The summed E-state index contributed by atoms with van der Waals surface area (Å²) in [6, 6.07) is 8.80. The summed E-state index contributed by atoms with van der Waals surface area (Å²) in [5.41, 5.74) is 0.725. The van der Waals surface area contributed by atoms with Crippen molar-refractivity contribution in [2.45, 2.75) is 25.5 Å². The van der Waals surface area contributed by atoms with Gasteiger partial charge in [0.1, 0.15) is 30.4 Å². The number of aromatic nitrogens is 2. The fraction of sp³-hybridized carbons (Fsp3) is 0.348. The Labute approximate surface area is 201 Å². The van der Waals surface area contributed by atoms with Crippen molar-refractivity contribution in [3.8, 4) is 11.5 Å². The monoisotopic (exact) mass is 490 g/mol. The minimum atomic E-state index is -0.661. The van der Waals surface area contributed by atoms with Crippen LogP contribution in [0.25, 0.3) is 10.9 Å². The third kappa shape index (κ3) is 4.78. The Morgan fingerprint density at radius 3 is 2.67 bits per heavy atom. The van der Waals surface area contributed by atoms with Gasteiger partial charge in [0.15, 0.2) is 11.5 Å². The van der Waals surface area contributed by atoms with Gasteiger partial charge in [-0.1, -0.05) is 23.2 Å². The van der Waals surface area contributed by atoms with Crippen molar-refractivity contribution in [3.05, 3.63) is 46.7 Å². The van der Waals surface area contributed by atoms with Crippen molar-refractivity contribution in [2.24, 2.45) is 0 Å². The molecule has 8 nitrogen and oxygen atoms in total. The molecule has 174 valence electrons. The van der Waals surface area contributed by atoms with Crippen molar-refractivity contribution >= 4 is 51.6 Å². The molecule has 0 bridgehead atoms. The molecular formula is C23H24Cl2N4O4. The summed E-state index contributed by atoms with van der Waals surface area (Å²) in [6.07, 6.45) is 1.06. The fourth-order valence-electron chi connectivity index (χ4n) is 3.44. The van der Waals surface area contributed by atoms with Crippen LogP contribution in [0.5, 0.6) is 11.5 Å². The zero-order valence-electron chi connectivity index (χ0n) is 18.7. The van der Waals surface area contributed by atoms with E-state index in [4.69, 9.17) is 37.4 Å². The normalized spacial score (nSPS) is 18.1. The molecule has 4 rings (SSSR count). The number of fused-ring (bicyclic) bond motifs is 1. The number of morpholine rings is 1. The number of hydrogen-bond acceptors (Lipinski definition) is 8. The average molecular weight is 491 g/mol. The van der Waals surface area contributed by atoms with Crippen LogP contribution in [0.4, 0.5) is 11.5 Å². The zero-order valence-corrected chi connectivity index (χ0v) is 20.2. The summed E-state index contributed by atoms with van der Waals surface area (Å²) in [7, 11) is 3.45. The Balaban J connectivity index is 1.56. The van der Waals surface area contributed by atoms with E-state index in [1.54, 1.807) is 37.4 Å². The van der Waals surface area contributed by atoms with E-state index in [1.165, 1.54) is 6.33 Å². The number of carbonyl (C=O) groups is 1. The molecule has 1 aromatic heterocycles. The molecule has 1 saturated heterocycles. The highest BCUT2D eigenvalue weighted by atomic mass is 35.5. The summed E-state index contributed by atoms with van der Waals surface area (Å²) >= 11 is 12.1. The molecule has 1 fully saturated rings. The van der Waals surface area contributed by atoms with Gasteiger partial charge in [-0.25, -0.2) is 9.97 Å². The largest absolute Gasteiger partial charge is 0.493 e. The maximum absolute atomic E-state index is 12.3. The molecule has 10 heteroatoms. The van der Waals surface area contributed by atoms with Gasteiger partial charge >= 0.3 is 5.97 Å². The van der Waals surface area contributed by atoms with E-state index in [0.29, 0.717) is 39.4 Å². The van der Waals surface area contributed by atoms with Crippen LogP contribution in [0.15, 0.2) is 36.7 Å². The van der Waals surface area contributed by atoms with Crippen molar-refractivity contribution in [1.29, 1.82) is 0 Å². The lowest BCUT2D eigenvalue weighted by molar-refractivity contribution is -0.175. The van der Waals surface area contributed by atoms with Gasteiger partial charge in [0, 0.05) is 23.7 Å². The number of likely N-dealkylation sites (N-methyl/N-ethyl adjacent to an activating group) is 1. The van der Waals surface area contributed by atoms with Crippen LogP contribution in [0, 0.1) is 0 Å². The first-order chi connectivity index (χ1) is 15.7. The predicted octanol–water partition coefficient (Wildman–Crippen LogP) is 4.70. The molecule has 0 spiro atoms. The van der Waals surface area contributed by atoms with Gasteiger partial charge < -0.3 is 19.5 Å². The number of methoxy groups -OCH3 is 1. The number of esters is 1. The highest BCUT2D eigenvalue weighted by Gasteiger charge is 2.41. The van der Waals surface area contributed by atoms with Gasteiger partial charge in [-0.2, -0.15) is 0 Å². The van der Waals surface area contributed by atoms with Crippen LogP contribution in [0.3, 0.4) is 0 Å². The van der Waals surface area contributed by atoms with Gasteiger partial charge in [-0.3, -0.25) is 9.69 Å². The van der Waals surface area contributed by atoms with Gasteiger partial charge in [0.25, 0.3) is 0 Å². The summed E-state index contributed by atoms with van der Waals surface area (Å²) in [6.45, 7) is 4.42. The minimum absolute atomic E-state index is 0.188. The Kier molecular flexibility index (Phi) is 6.52. The third-order valence-electron chi connectivity index (χ3n) is 5.73. The summed E-state index contributed by atoms with van der Waals surface area (Å²) in [5.74, 6) is 1.30. The van der Waals surface area contributed by atoms with E-state index in [9.17, 15) is 4.79 Å². The minimum Gasteiger partial charge on any atom is -0.493 e. The van der Waals surface area contributed by atoms with Crippen molar-refractivity contribution < 1.29 is 19.0 Å². The lowest BCUT2D eigenvalue weighted by Crippen LogP contribution is -2.58. The first kappa shape index (κ1) is 23.4.